The van der Waals surface area contributed by atoms with E-state index in [1.54, 1.807) is 30.6 Å². The molecule has 2 heterocycles. The summed E-state index contributed by atoms with van der Waals surface area (Å²) in [7, 11) is 0. The van der Waals surface area contributed by atoms with Gasteiger partial charge in [-0.1, -0.05) is 30.3 Å². The number of nitrogens with zero attached hydrogens (tertiary/aromatic N) is 4. The molecule has 1 amide bonds. The summed E-state index contributed by atoms with van der Waals surface area (Å²) in [6, 6.07) is 18.3. The van der Waals surface area contributed by atoms with Gasteiger partial charge in [0.1, 0.15) is 0 Å². The Balaban J connectivity index is 1.59. The van der Waals surface area contributed by atoms with Crippen molar-refractivity contribution in [2.45, 2.75) is 20.4 Å². The van der Waals surface area contributed by atoms with Gasteiger partial charge in [-0.25, -0.2) is 14.6 Å². The molecule has 0 saturated heterocycles. The first kappa shape index (κ1) is 20.2. The van der Waals surface area contributed by atoms with Crippen LogP contribution in [-0.4, -0.2) is 25.7 Å². The van der Waals surface area contributed by atoms with Gasteiger partial charge in [0.15, 0.2) is 5.82 Å². The smallest absolute Gasteiger partial charge is 0.267 e. The molecule has 4 aromatic rings. The monoisotopic (exact) mass is 411 g/mol. The molecule has 2 aromatic carbocycles. The molecule has 0 bridgehead atoms. The lowest BCUT2D eigenvalue weighted by atomic mass is 10.1. The Kier molecular flexibility index (Phi) is 5.66. The predicted octanol–water partition coefficient (Wildman–Crippen LogP) is 3.68. The van der Waals surface area contributed by atoms with E-state index < -0.39 is 0 Å². The number of rotatable bonds is 5. The molecule has 0 aliphatic heterocycles. The third-order valence-corrected chi connectivity index (χ3v) is 4.67. The maximum atomic E-state index is 12.4. The molecule has 0 spiro atoms. The predicted molar refractivity (Wildman–Crippen MR) is 120 cm³/mol. The van der Waals surface area contributed by atoms with Gasteiger partial charge in [0.25, 0.3) is 5.56 Å². The van der Waals surface area contributed by atoms with Crippen molar-refractivity contribution in [1.82, 2.24) is 19.7 Å². The summed E-state index contributed by atoms with van der Waals surface area (Å²) < 4.78 is 1.44. The Morgan fingerprint density at radius 2 is 1.71 bits per heavy atom. The van der Waals surface area contributed by atoms with Gasteiger partial charge in [0, 0.05) is 42.2 Å². The van der Waals surface area contributed by atoms with Crippen molar-refractivity contribution >= 4 is 11.6 Å². The normalized spacial score (nSPS) is 10.6. The molecule has 154 valence electrons. The molecule has 0 fully saturated rings. The van der Waals surface area contributed by atoms with Crippen molar-refractivity contribution in [2.75, 3.05) is 5.32 Å². The number of nitrogens with one attached hydrogen (secondary N) is 1. The van der Waals surface area contributed by atoms with E-state index in [1.165, 1.54) is 17.7 Å². The summed E-state index contributed by atoms with van der Waals surface area (Å²) in [4.78, 5) is 32.3. The third-order valence-electron chi connectivity index (χ3n) is 4.67. The fourth-order valence-corrected chi connectivity index (χ4v) is 3.17. The van der Waals surface area contributed by atoms with Crippen LogP contribution in [0.2, 0.25) is 0 Å². The zero-order valence-electron chi connectivity index (χ0n) is 17.2. The highest BCUT2D eigenvalue weighted by molar-refractivity contribution is 5.88. The minimum absolute atomic E-state index is 0.127. The number of aryl methyl sites for hydroxylation is 1. The number of benzene rings is 2. The van der Waals surface area contributed by atoms with E-state index >= 15 is 0 Å². The highest BCUT2D eigenvalue weighted by Crippen LogP contribution is 2.20. The van der Waals surface area contributed by atoms with Crippen molar-refractivity contribution in [1.29, 1.82) is 0 Å². The van der Waals surface area contributed by atoms with Crippen molar-refractivity contribution < 1.29 is 4.79 Å². The molecule has 7 heteroatoms. The van der Waals surface area contributed by atoms with Crippen LogP contribution in [0.1, 0.15) is 18.1 Å². The van der Waals surface area contributed by atoms with Gasteiger partial charge < -0.3 is 5.32 Å². The van der Waals surface area contributed by atoms with Crippen LogP contribution in [0.5, 0.6) is 0 Å². The number of anilines is 1. The summed E-state index contributed by atoms with van der Waals surface area (Å²) >= 11 is 0. The van der Waals surface area contributed by atoms with Gasteiger partial charge in [-0.05, 0) is 42.3 Å². The van der Waals surface area contributed by atoms with Crippen LogP contribution in [0.4, 0.5) is 5.69 Å². The average Bonchev–Trinajstić information content (AvgIpc) is 2.76. The first-order chi connectivity index (χ1) is 15.0. The van der Waals surface area contributed by atoms with Crippen LogP contribution in [0.3, 0.4) is 0 Å². The molecule has 31 heavy (non-hydrogen) atoms. The average molecular weight is 411 g/mol. The second kappa shape index (κ2) is 8.71. The summed E-state index contributed by atoms with van der Waals surface area (Å²) in [6.45, 7) is 3.74. The first-order valence-corrected chi connectivity index (χ1v) is 9.82. The number of carbonyl (C=O) groups excluding carboxylic acids is 1. The molecule has 0 radical (unpaired) electrons. The Bertz CT molecular complexity index is 1280. The Morgan fingerprint density at radius 1 is 0.968 bits per heavy atom. The minimum atomic E-state index is -0.185. The third kappa shape index (κ3) is 4.90. The van der Waals surface area contributed by atoms with Crippen LogP contribution in [0, 0.1) is 6.92 Å². The van der Waals surface area contributed by atoms with Crippen LogP contribution in [0.15, 0.2) is 77.9 Å². The number of aromatic nitrogens is 4. The lowest BCUT2D eigenvalue weighted by Gasteiger charge is -2.09. The lowest BCUT2D eigenvalue weighted by Crippen LogP contribution is -2.22. The van der Waals surface area contributed by atoms with E-state index in [-0.39, 0.29) is 11.5 Å². The van der Waals surface area contributed by atoms with Gasteiger partial charge in [-0.2, -0.15) is 5.10 Å². The highest BCUT2D eigenvalue weighted by Gasteiger charge is 2.07. The quantitative estimate of drug-likeness (QED) is 0.541. The van der Waals surface area contributed by atoms with Crippen LogP contribution < -0.4 is 10.9 Å². The van der Waals surface area contributed by atoms with Crippen molar-refractivity contribution in [2.24, 2.45) is 0 Å². The van der Waals surface area contributed by atoms with Crippen molar-refractivity contribution in [3.63, 3.8) is 0 Å². The highest BCUT2D eigenvalue weighted by atomic mass is 16.1. The summed E-state index contributed by atoms with van der Waals surface area (Å²) in [5, 5.41) is 7.26. The molecule has 0 atom stereocenters. The Labute approximate surface area is 179 Å². The van der Waals surface area contributed by atoms with E-state index in [0.29, 0.717) is 23.8 Å². The molecular weight excluding hydrogens is 390 g/mol. The molecule has 7 nitrogen and oxygen atoms in total. The second-order valence-corrected chi connectivity index (χ2v) is 7.26. The maximum Gasteiger partial charge on any atom is 0.267 e. The van der Waals surface area contributed by atoms with E-state index in [0.717, 1.165) is 22.3 Å². The minimum Gasteiger partial charge on any atom is -0.326 e. The summed E-state index contributed by atoms with van der Waals surface area (Å²) in [6.07, 6.45) is 3.56. The zero-order valence-corrected chi connectivity index (χ0v) is 17.2. The number of amides is 1. The maximum absolute atomic E-state index is 12.4. The van der Waals surface area contributed by atoms with Crippen LogP contribution in [-0.2, 0) is 11.3 Å². The second-order valence-electron chi connectivity index (χ2n) is 7.26. The zero-order chi connectivity index (χ0) is 21.8. The summed E-state index contributed by atoms with van der Waals surface area (Å²) in [5.41, 5.74) is 4.86. The number of hydrogen-bond donors (Lipinski definition) is 1. The Morgan fingerprint density at radius 3 is 2.42 bits per heavy atom. The van der Waals surface area contributed by atoms with Gasteiger partial charge in [0.2, 0.25) is 5.91 Å². The van der Waals surface area contributed by atoms with E-state index in [4.69, 9.17) is 0 Å². The molecule has 0 aliphatic rings. The SMILES string of the molecule is CC(=O)Nc1ccc(-c2ccc(=O)n(Cc3cccc(-c4ncc(C)cn4)c3)n2)cc1. The molecule has 1 N–H and O–H groups in total. The van der Waals surface area contributed by atoms with Crippen molar-refractivity contribution in [3.05, 3.63) is 94.5 Å². The molecule has 0 aliphatic carbocycles. The van der Waals surface area contributed by atoms with Gasteiger partial charge in [0.05, 0.1) is 12.2 Å². The number of hydrogen-bond acceptors (Lipinski definition) is 5. The number of carbonyl (C=O) groups is 1. The van der Waals surface area contributed by atoms with Gasteiger partial charge in [-0.15, -0.1) is 0 Å². The molecule has 0 unspecified atom stereocenters. The molecule has 4 rings (SSSR count). The van der Waals surface area contributed by atoms with Crippen LogP contribution in [0.25, 0.3) is 22.6 Å². The molecule has 2 aromatic heterocycles. The van der Waals surface area contributed by atoms with Crippen LogP contribution >= 0.6 is 0 Å². The first-order valence-electron chi connectivity index (χ1n) is 9.82. The van der Waals surface area contributed by atoms with Gasteiger partial charge >= 0.3 is 0 Å². The topological polar surface area (TPSA) is 89.8 Å². The standard InChI is InChI=1S/C24H21N5O2/c1-16-13-25-24(26-14-16)20-5-3-4-18(12-20)15-29-23(31)11-10-22(28-29)19-6-8-21(9-7-19)27-17(2)30/h3-14H,15H2,1-2H3,(H,27,30). The fourth-order valence-electron chi connectivity index (χ4n) is 3.17. The lowest BCUT2D eigenvalue weighted by molar-refractivity contribution is -0.114. The van der Waals surface area contributed by atoms with E-state index in [9.17, 15) is 9.59 Å². The van der Waals surface area contributed by atoms with E-state index in [1.807, 2.05) is 43.3 Å². The largest absolute Gasteiger partial charge is 0.326 e. The molecule has 0 saturated carbocycles. The molecular formula is C24H21N5O2. The van der Waals surface area contributed by atoms with Gasteiger partial charge in [-0.3, -0.25) is 9.59 Å². The summed E-state index contributed by atoms with van der Waals surface area (Å²) in [5.74, 6) is 0.512. The Hall–Kier alpha value is -4.13. The van der Waals surface area contributed by atoms with Crippen molar-refractivity contribution in [3.8, 4) is 22.6 Å². The fraction of sp³-hybridized carbons (Fsp3) is 0.125. The van der Waals surface area contributed by atoms with E-state index in [2.05, 4.69) is 20.4 Å².